The van der Waals surface area contributed by atoms with Crippen molar-refractivity contribution in [3.8, 4) is 33.8 Å². The van der Waals surface area contributed by atoms with Crippen LogP contribution < -0.4 is 4.73 Å². The van der Waals surface area contributed by atoms with Crippen LogP contribution in [0, 0.1) is 16.9 Å². The van der Waals surface area contributed by atoms with Gasteiger partial charge in [-0.15, -0.1) is 5.10 Å². The smallest absolute Gasteiger partial charge is 0.217 e. The van der Waals surface area contributed by atoms with E-state index in [2.05, 4.69) is 25.7 Å². The Balaban J connectivity index is 1.41. The van der Waals surface area contributed by atoms with Crippen LogP contribution in [0.3, 0.4) is 0 Å². The molecule has 13 heteroatoms. The van der Waals surface area contributed by atoms with E-state index in [-0.39, 0.29) is 22.4 Å². The number of hydrogen-bond acceptors (Lipinski definition) is 7. The molecule has 4 heterocycles. The van der Waals surface area contributed by atoms with Crippen molar-refractivity contribution in [3.63, 3.8) is 0 Å². The summed E-state index contributed by atoms with van der Waals surface area (Å²) in [6.07, 6.45) is 10.4. The quantitative estimate of drug-likeness (QED) is 0.257. The van der Waals surface area contributed by atoms with Crippen LogP contribution in [0.1, 0.15) is 31.0 Å². The van der Waals surface area contributed by atoms with Crippen molar-refractivity contribution in [1.82, 2.24) is 39.8 Å². The second kappa shape index (κ2) is 8.96. The molecule has 0 amide bonds. The van der Waals surface area contributed by atoms with Gasteiger partial charge in [0.05, 0.1) is 34.2 Å². The Morgan fingerprint density at radius 1 is 1.19 bits per heavy atom. The molecule has 11 nitrogen and oxygen atoms in total. The van der Waals surface area contributed by atoms with Crippen molar-refractivity contribution in [3.05, 3.63) is 77.1 Å². The fraction of sp³-hybridized carbons (Fsp3) is 0.250. The first kappa shape index (κ1) is 23.1. The minimum Gasteiger partial charge on any atom is -0.618 e. The molecule has 188 valence electrons. The fourth-order valence-corrected chi connectivity index (χ4v) is 4.76. The Morgan fingerprint density at radius 3 is 2.70 bits per heavy atom. The van der Waals surface area contributed by atoms with Crippen LogP contribution in [-0.4, -0.2) is 44.9 Å². The average Bonchev–Trinajstić information content (AvgIpc) is 3.23. The molecule has 1 N–H and O–H groups in total. The third kappa shape index (κ3) is 4.18. The number of aromatic hydroxyl groups is 1. The van der Waals surface area contributed by atoms with Gasteiger partial charge in [-0.25, -0.2) is 4.39 Å². The van der Waals surface area contributed by atoms with Crippen LogP contribution in [0.2, 0.25) is 5.02 Å². The van der Waals surface area contributed by atoms with Gasteiger partial charge in [0.25, 0.3) is 0 Å². The second-order valence-corrected chi connectivity index (χ2v) is 9.49. The molecular formula is C24H21ClFN9O2. The lowest BCUT2D eigenvalue weighted by molar-refractivity contribution is -0.615. The third-order valence-corrected chi connectivity index (χ3v) is 6.90. The molecule has 1 atom stereocenters. The normalized spacial score (nSPS) is 14.2. The Hall–Kier alpha value is -4.32. The zero-order valence-electron chi connectivity index (χ0n) is 19.6. The molecule has 5 aromatic rings. The lowest BCUT2D eigenvalue weighted by Crippen LogP contribution is -2.35. The minimum absolute atomic E-state index is 0.0472. The zero-order valence-corrected chi connectivity index (χ0v) is 20.4. The first-order valence-corrected chi connectivity index (χ1v) is 12.0. The summed E-state index contributed by atoms with van der Waals surface area (Å²) in [5.41, 5.74) is 2.47. The van der Waals surface area contributed by atoms with E-state index in [1.54, 1.807) is 47.0 Å². The molecule has 0 saturated heterocycles. The van der Waals surface area contributed by atoms with E-state index in [9.17, 15) is 10.3 Å². The van der Waals surface area contributed by atoms with Gasteiger partial charge in [0, 0.05) is 24.9 Å². The van der Waals surface area contributed by atoms with E-state index in [4.69, 9.17) is 11.6 Å². The molecule has 4 aromatic heterocycles. The summed E-state index contributed by atoms with van der Waals surface area (Å²) in [5.74, 6) is -0.144. The molecule has 1 saturated carbocycles. The van der Waals surface area contributed by atoms with E-state index in [0.29, 0.717) is 34.1 Å². The number of benzene rings is 1. The minimum atomic E-state index is -0.676. The van der Waals surface area contributed by atoms with Crippen LogP contribution in [0.4, 0.5) is 4.39 Å². The fourth-order valence-electron chi connectivity index (χ4n) is 4.60. The van der Waals surface area contributed by atoms with Crippen molar-refractivity contribution < 1.29 is 14.2 Å². The van der Waals surface area contributed by atoms with Crippen molar-refractivity contribution in [2.75, 3.05) is 0 Å². The first-order valence-electron chi connectivity index (χ1n) is 11.6. The highest BCUT2D eigenvalue weighted by molar-refractivity contribution is 6.31. The zero-order chi connectivity index (χ0) is 25.7. The van der Waals surface area contributed by atoms with Crippen LogP contribution >= 0.6 is 11.6 Å². The maximum Gasteiger partial charge on any atom is 0.217 e. The molecule has 0 unspecified atom stereocenters. The summed E-state index contributed by atoms with van der Waals surface area (Å²) in [4.78, 5) is 0. The largest absolute Gasteiger partial charge is 0.618 e. The number of aromatic nitrogens is 9. The summed E-state index contributed by atoms with van der Waals surface area (Å²) in [7, 11) is 1.73. The Kier molecular flexibility index (Phi) is 5.60. The van der Waals surface area contributed by atoms with Gasteiger partial charge in [-0.1, -0.05) is 24.4 Å². The van der Waals surface area contributed by atoms with Gasteiger partial charge in [0.2, 0.25) is 5.69 Å². The van der Waals surface area contributed by atoms with Gasteiger partial charge in [-0.3, -0.25) is 9.36 Å². The average molecular weight is 522 g/mol. The second-order valence-electron chi connectivity index (χ2n) is 9.08. The van der Waals surface area contributed by atoms with Crippen molar-refractivity contribution in [2.45, 2.75) is 25.3 Å². The van der Waals surface area contributed by atoms with Gasteiger partial charge in [-0.2, -0.15) is 19.6 Å². The number of nitrogens with zero attached hydrogens (tertiary/aromatic N) is 9. The van der Waals surface area contributed by atoms with Crippen molar-refractivity contribution in [1.29, 1.82) is 0 Å². The van der Waals surface area contributed by atoms with E-state index in [1.165, 1.54) is 29.5 Å². The third-order valence-electron chi connectivity index (χ3n) is 6.61. The summed E-state index contributed by atoms with van der Waals surface area (Å²) >= 11 is 6.07. The molecule has 1 aliphatic carbocycles. The topological polar surface area (TPSA) is 126 Å². The van der Waals surface area contributed by atoms with Crippen LogP contribution in [0.15, 0.2) is 55.4 Å². The van der Waals surface area contributed by atoms with Gasteiger partial charge >= 0.3 is 0 Å². The Labute approximate surface area is 214 Å². The molecule has 0 radical (unpaired) electrons. The first-order chi connectivity index (χ1) is 17.9. The molecule has 1 fully saturated rings. The molecule has 0 aliphatic heterocycles. The monoisotopic (exact) mass is 521 g/mol. The van der Waals surface area contributed by atoms with Crippen LogP contribution in [-0.2, 0) is 7.05 Å². The maximum atomic E-state index is 15.2. The van der Waals surface area contributed by atoms with Gasteiger partial charge in [-0.05, 0) is 41.0 Å². The predicted molar refractivity (Wildman–Crippen MR) is 130 cm³/mol. The molecular weight excluding hydrogens is 501 g/mol. The Morgan fingerprint density at radius 2 is 2.03 bits per heavy atom. The molecule has 0 bridgehead atoms. The number of rotatable bonds is 7. The van der Waals surface area contributed by atoms with Crippen LogP contribution in [0.5, 0.6) is 5.75 Å². The van der Waals surface area contributed by atoms with E-state index in [1.807, 2.05) is 0 Å². The lowest BCUT2D eigenvalue weighted by Gasteiger charge is -2.18. The number of halogens is 2. The summed E-state index contributed by atoms with van der Waals surface area (Å²) < 4.78 is 20.6. The van der Waals surface area contributed by atoms with Gasteiger partial charge in [0.1, 0.15) is 18.1 Å². The highest BCUT2D eigenvalue weighted by Crippen LogP contribution is 2.40. The van der Waals surface area contributed by atoms with Gasteiger partial charge < -0.3 is 10.3 Å². The number of aryl methyl sites for hydroxylation is 1. The number of tetrazole rings is 1. The van der Waals surface area contributed by atoms with E-state index >= 15 is 4.39 Å². The standard InChI is InChI=1S/C24H21ClFN9O2/c1-32-24(21(36)10-28-32)16-9-29-33(11-16)20(8-14-2-3-14)18-6-4-15(12-35(18)37)22-19(34-13-27-30-31-34)7-5-17(25)23(22)26/h4-7,9-14,20,36H,2-3,8H2,1H3/t20-/m0/s1. The van der Waals surface area contributed by atoms with E-state index in [0.717, 1.165) is 24.0 Å². The highest BCUT2D eigenvalue weighted by Gasteiger charge is 2.32. The number of hydrogen-bond donors (Lipinski definition) is 1. The summed E-state index contributed by atoms with van der Waals surface area (Å²) in [6, 6.07) is 6.02. The Bertz CT molecular complexity index is 1570. The summed E-state index contributed by atoms with van der Waals surface area (Å²) in [6.45, 7) is 0. The summed E-state index contributed by atoms with van der Waals surface area (Å²) in [5, 5.41) is 43.2. The molecule has 1 aliphatic rings. The molecule has 0 spiro atoms. The maximum absolute atomic E-state index is 15.2. The molecule has 6 rings (SSSR count). The van der Waals surface area contributed by atoms with Crippen molar-refractivity contribution in [2.24, 2.45) is 13.0 Å². The lowest BCUT2D eigenvalue weighted by atomic mass is 10.0. The molecule has 37 heavy (non-hydrogen) atoms. The number of pyridine rings is 1. The van der Waals surface area contributed by atoms with Crippen LogP contribution in [0.25, 0.3) is 28.1 Å². The van der Waals surface area contributed by atoms with Crippen molar-refractivity contribution >= 4 is 11.6 Å². The van der Waals surface area contributed by atoms with Gasteiger partial charge in [0.15, 0.2) is 17.8 Å². The highest BCUT2D eigenvalue weighted by atomic mass is 35.5. The predicted octanol–water partition coefficient (Wildman–Crippen LogP) is 3.45. The SMILES string of the molecule is Cn1ncc(O)c1-c1cnn([C@@H](CC2CC2)c2ccc(-c3c(-n4cnnn4)ccc(Cl)c3F)c[n+]2[O-])c1. The van der Waals surface area contributed by atoms with E-state index < -0.39 is 5.82 Å². The molecule has 1 aromatic carbocycles.